The summed E-state index contributed by atoms with van der Waals surface area (Å²) in [4.78, 5) is 29.3. The van der Waals surface area contributed by atoms with E-state index in [1.807, 2.05) is 48.5 Å². The maximum atomic E-state index is 13.3. The lowest BCUT2D eigenvalue weighted by molar-refractivity contribution is -0.123. The zero-order valence-electron chi connectivity index (χ0n) is 16.9. The normalized spacial score (nSPS) is 22.7. The third-order valence-electron chi connectivity index (χ3n) is 5.74. The number of fused-ring (bicyclic) bond motifs is 1. The minimum atomic E-state index is -0.162. The van der Waals surface area contributed by atoms with Gasteiger partial charge in [-0.15, -0.1) is 0 Å². The first-order valence-electron chi connectivity index (χ1n) is 10.4. The van der Waals surface area contributed by atoms with Crippen molar-refractivity contribution in [1.29, 1.82) is 0 Å². The van der Waals surface area contributed by atoms with Gasteiger partial charge in [-0.25, -0.2) is 0 Å². The van der Waals surface area contributed by atoms with Gasteiger partial charge in [-0.3, -0.25) is 14.5 Å². The van der Waals surface area contributed by atoms with E-state index in [-0.39, 0.29) is 24.4 Å². The van der Waals surface area contributed by atoms with E-state index in [4.69, 9.17) is 11.6 Å². The van der Waals surface area contributed by atoms with E-state index in [1.54, 1.807) is 11.0 Å². The Labute approximate surface area is 186 Å². The number of carbonyl (C=O) groups excluding carboxylic acids is 2. The zero-order chi connectivity index (χ0) is 21.1. The SMILES string of the molecule is C[C@@H]1CCCC[C@@H]1NC(=O)CN1C(=O)/C(=C\c2cccc(Cl)c2)Sc2ccccc21. The van der Waals surface area contributed by atoms with Gasteiger partial charge >= 0.3 is 0 Å². The van der Waals surface area contributed by atoms with Crippen LogP contribution in [0.1, 0.15) is 38.2 Å². The van der Waals surface area contributed by atoms with Crippen molar-refractivity contribution in [3.05, 3.63) is 64.0 Å². The highest BCUT2D eigenvalue weighted by atomic mass is 35.5. The first kappa shape index (κ1) is 21.0. The van der Waals surface area contributed by atoms with Gasteiger partial charge in [0.25, 0.3) is 5.91 Å². The van der Waals surface area contributed by atoms with Crippen molar-refractivity contribution < 1.29 is 9.59 Å². The second kappa shape index (κ2) is 9.27. The summed E-state index contributed by atoms with van der Waals surface area (Å²) in [6.07, 6.45) is 6.35. The molecule has 2 aliphatic rings. The van der Waals surface area contributed by atoms with E-state index in [0.717, 1.165) is 35.4 Å². The Kier molecular flexibility index (Phi) is 6.49. The Hall–Kier alpha value is -2.24. The first-order chi connectivity index (χ1) is 14.5. The smallest absolute Gasteiger partial charge is 0.265 e. The molecule has 1 heterocycles. The van der Waals surface area contributed by atoms with Gasteiger partial charge in [-0.05, 0) is 54.7 Å². The molecule has 0 saturated heterocycles. The van der Waals surface area contributed by atoms with Gasteiger partial charge in [0.05, 0.1) is 10.6 Å². The lowest BCUT2D eigenvalue weighted by Crippen LogP contribution is -2.48. The predicted molar refractivity (Wildman–Crippen MR) is 124 cm³/mol. The number of para-hydroxylation sites is 1. The Balaban J connectivity index is 1.57. The van der Waals surface area contributed by atoms with E-state index in [9.17, 15) is 9.59 Å². The van der Waals surface area contributed by atoms with Crippen LogP contribution in [0, 0.1) is 5.92 Å². The lowest BCUT2D eigenvalue weighted by Gasteiger charge is -2.32. The molecule has 1 saturated carbocycles. The number of nitrogens with zero attached hydrogens (tertiary/aromatic N) is 1. The molecule has 2 atom stereocenters. The first-order valence-corrected chi connectivity index (χ1v) is 11.6. The van der Waals surface area contributed by atoms with E-state index in [0.29, 0.717) is 15.8 Å². The molecule has 1 fully saturated rings. The van der Waals surface area contributed by atoms with Gasteiger partial charge in [0.2, 0.25) is 5.91 Å². The molecular weight excluding hydrogens is 416 g/mol. The molecule has 6 heteroatoms. The molecule has 0 spiro atoms. The van der Waals surface area contributed by atoms with E-state index in [1.165, 1.54) is 18.2 Å². The van der Waals surface area contributed by atoms with Crippen molar-refractivity contribution >= 4 is 46.9 Å². The van der Waals surface area contributed by atoms with Gasteiger partial charge in [0.1, 0.15) is 6.54 Å². The number of carbonyl (C=O) groups is 2. The number of hydrogen-bond acceptors (Lipinski definition) is 3. The summed E-state index contributed by atoms with van der Waals surface area (Å²) in [5.41, 5.74) is 1.64. The molecule has 4 nitrogen and oxygen atoms in total. The molecule has 0 bridgehead atoms. The van der Waals surface area contributed by atoms with Gasteiger partial charge in [0.15, 0.2) is 0 Å². The Morgan fingerprint density at radius 2 is 2.00 bits per heavy atom. The van der Waals surface area contributed by atoms with Crippen LogP contribution in [-0.2, 0) is 9.59 Å². The standard InChI is InChI=1S/C24H25ClN2O2S/c1-16-7-2-3-10-19(16)26-23(28)15-27-20-11-4-5-12-21(20)30-22(24(27)29)14-17-8-6-9-18(25)13-17/h4-6,8-9,11-14,16,19H,2-3,7,10,15H2,1H3,(H,26,28)/b22-14+/t16-,19+/m1/s1. The molecule has 1 aliphatic carbocycles. The van der Waals surface area contributed by atoms with Crippen molar-refractivity contribution in [2.24, 2.45) is 5.92 Å². The van der Waals surface area contributed by atoms with Gasteiger partial charge in [-0.1, -0.05) is 67.4 Å². The highest BCUT2D eigenvalue weighted by molar-refractivity contribution is 8.04. The van der Waals surface area contributed by atoms with Crippen LogP contribution in [0.2, 0.25) is 5.02 Å². The molecule has 0 unspecified atom stereocenters. The summed E-state index contributed by atoms with van der Waals surface area (Å²) in [5, 5.41) is 3.78. The van der Waals surface area contributed by atoms with Crippen LogP contribution in [0.5, 0.6) is 0 Å². The largest absolute Gasteiger partial charge is 0.352 e. The van der Waals surface area contributed by atoms with E-state index >= 15 is 0 Å². The van der Waals surface area contributed by atoms with E-state index in [2.05, 4.69) is 12.2 Å². The third-order valence-corrected chi connectivity index (χ3v) is 7.05. The summed E-state index contributed by atoms with van der Waals surface area (Å²) in [5.74, 6) is 0.206. The van der Waals surface area contributed by atoms with Crippen molar-refractivity contribution in [2.75, 3.05) is 11.4 Å². The Morgan fingerprint density at radius 3 is 2.80 bits per heavy atom. The topological polar surface area (TPSA) is 49.4 Å². The number of hydrogen-bond donors (Lipinski definition) is 1. The van der Waals surface area contributed by atoms with Crippen LogP contribution in [0.25, 0.3) is 6.08 Å². The van der Waals surface area contributed by atoms with Crippen LogP contribution in [0.15, 0.2) is 58.3 Å². The quantitative estimate of drug-likeness (QED) is 0.637. The van der Waals surface area contributed by atoms with E-state index < -0.39 is 0 Å². The minimum Gasteiger partial charge on any atom is -0.352 e. The molecule has 156 valence electrons. The fraction of sp³-hybridized carbons (Fsp3) is 0.333. The molecule has 1 aliphatic heterocycles. The van der Waals surface area contributed by atoms with Crippen molar-refractivity contribution in [3.63, 3.8) is 0 Å². The van der Waals surface area contributed by atoms with Gasteiger partial charge in [-0.2, -0.15) is 0 Å². The van der Waals surface area contributed by atoms with Crippen LogP contribution < -0.4 is 10.2 Å². The number of benzene rings is 2. The molecule has 1 N–H and O–H groups in total. The number of halogens is 1. The summed E-state index contributed by atoms with van der Waals surface area (Å²) in [6, 6.07) is 15.3. The third kappa shape index (κ3) is 4.73. The van der Waals surface area contributed by atoms with Crippen LogP contribution in [-0.4, -0.2) is 24.4 Å². The van der Waals surface area contributed by atoms with Crippen LogP contribution in [0.4, 0.5) is 5.69 Å². The molecular formula is C24H25ClN2O2S. The summed E-state index contributed by atoms with van der Waals surface area (Å²) >= 11 is 7.53. The second-order valence-electron chi connectivity index (χ2n) is 7.96. The fourth-order valence-corrected chi connectivity index (χ4v) is 5.35. The summed E-state index contributed by atoms with van der Waals surface area (Å²) in [6.45, 7) is 2.21. The molecule has 0 aromatic heterocycles. The molecule has 2 amide bonds. The minimum absolute atomic E-state index is 0.0203. The lowest BCUT2D eigenvalue weighted by atomic mass is 9.86. The van der Waals surface area contributed by atoms with Crippen molar-refractivity contribution in [1.82, 2.24) is 5.32 Å². The number of amides is 2. The van der Waals surface area contributed by atoms with Gasteiger partial charge in [0, 0.05) is 16.0 Å². The summed E-state index contributed by atoms with van der Waals surface area (Å²) < 4.78 is 0. The van der Waals surface area contributed by atoms with Gasteiger partial charge < -0.3 is 5.32 Å². The second-order valence-corrected chi connectivity index (χ2v) is 9.48. The predicted octanol–water partition coefficient (Wildman–Crippen LogP) is 5.51. The average molecular weight is 441 g/mol. The fourth-order valence-electron chi connectivity index (χ4n) is 4.09. The monoisotopic (exact) mass is 440 g/mol. The van der Waals surface area contributed by atoms with Crippen molar-refractivity contribution in [3.8, 4) is 0 Å². The molecule has 2 aromatic carbocycles. The zero-order valence-corrected chi connectivity index (χ0v) is 18.5. The molecule has 30 heavy (non-hydrogen) atoms. The number of nitrogens with one attached hydrogen (secondary N) is 1. The maximum Gasteiger partial charge on any atom is 0.265 e. The highest BCUT2D eigenvalue weighted by Crippen LogP contribution is 2.42. The molecule has 0 radical (unpaired) electrons. The molecule has 4 rings (SSSR count). The van der Waals surface area contributed by atoms with Crippen molar-refractivity contribution in [2.45, 2.75) is 43.5 Å². The Morgan fingerprint density at radius 1 is 1.20 bits per heavy atom. The number of rotatable bonds is 4. The average Bonchev–Trinajstić information content (AvgIpc) is 2.73. The number of anilines is 1. The maximum absolute atomic E-state index is 13.3. The van der Waals surface area contributed by atoms with Crippen LogP contribution >= 0.6 is 23.4 Å². The molecule has 2 aromatic rings. The number of thioether (sulfide) groups is 1. The van der Waals surface area contributed by atoms with Crippen LogP contribution in [0.3, 0.4) is 0 Å². The summed E-state index contributed by atoms with van der Waals surface area (Å²) in [7, 11) is 0. The highest BCUT2D eigenvalue weighted by Gasteiger charge is 2.31. The Bertz CT molecular complexity index is 991.